The summed E-state index contributed by atoms with van der Waals surface area (Å²) < 4.78 is 0. The summed E-state index contributed by atoms with van der Waals surface area (Å²) >= 11 is 0. The number of nitrogens with one attached hydrogen (secondary N) is 1. The molecule has 0 aliphatic carbocycles. The SMILES string of the molecule is CCN(CC1(CC)CCNC1)c1ccc(C)cc1. The van der Waals surface area contributed by atoms with Gasteiger partial charge in [-0.15, -0.1) is 0 Å². The second-order valence-electron chi connectivity index (χ2n) is 5.63. The van der Waals surface area contributed by atoms with Gasteiger partial charge in [-0.3, -0.25) is 0 Å². The van der Waals surface area contributed by atoms with E-state index in [4.69, 9.17) is 0 Å². The van der Waals surface area contributed by atoms with Crippen molar-refractivity contribution in [2.75, 3.05) is 31.1 Å². The Balaban J connectivity index is 2.11. The Bertz CT molecular complexity index is 363. The fraction of sp³-hybridized carbons (Fsp3) is 0.625. The predicted molar refractivity (Wildman–Crippen MR) is 79.3 cm³/mol. The lowest BCUT2D eigenvalue weighted by Crippen LogP contribution is -2.39. The second kappa shape index (κ2) is 5.75. The summed E-state index contributed by atoms with van der Waals surface area (Å²) in [4.78, 5) is 2.52. The van der Waals surface area contributed by atoms with Gasteiger partial charge in [-0.1, -0.05) is 24.6 Å². The molecule has 2 rings (SSSR count). The number of aryl methyl sites for hydroxylation is 1. The Morgan fingerprint density at radius 2 is 1.94 bits per heavy atom. The number of hydrogen-bond donors (Lipinski definition) is 1. The zero-order valence-electron chi connectivity index (χ0n) is 12.0. The van der Waals surface area contributed by atoms with Crippen LogP contribution in [0.25, 0.3) is 0 Å². The fourth-order valence-corrected chi connectivity index (χ4v) is 2.89. The largest absolute Gasteiger partial charge is 0.371 e. The molecule has 0 radical (unpaired) electrons. The molecule has 0 saturated carbocycles. The van der Waals surface area contributed by atoms with Crippen LogP contribution in [0.2, 0.25) is 0 Å². The van der Waals surface area contributed by atoms with E-state index in [-0.39, 0.29) is 0 Å². The van der Waals surface area contributed by atoms with Gasteiger partial charge in [-0.25, -0.2) is 0 Å². The van der Waals surface area contributed by atoms with E-state index in [9.17, 15) is 0 Å². The van der Waals surface area contributed by atoms with Crippen molar-refractivity contribution in [2.45, 2.75) is 33.6 Å². The first kappa shape index (κ1) is 13.4. The van der Waals surface area contributed by atoms with Crippen molar-refractivity contribution in [2.24, 2.45) is 5.41 Å². The molecule has 1 aromatic carbocycles. The standard InChI is InChI=1S/C16H26N2/c1-4-16(10-11-17-12-16)13-18(5-2)15-8-6-14(3)7-9-15/h6-9,17H,4-5,10-13H2,1-3H3. The summed E-state index contributed by atoms with van der Waals surface area (Å²) in [5.74, 6) is 0. The van der Waals surface area contributed by atoms with Crippen LogP contribution in [0.15, 0.2) is 24.3 Å². The summed E-state index contributed by atoms with van der Waals surface area (Å²) in [5, 5.41) is 3.53. The Hall–Kier alpha value is -1.02. The lowest BCUT2D eigenvalue weighted by Gasteiger charge is -2.35. The quantitative estimate of drug-likeness (QED) is 0.858. The summed E-state index contributed by atoms with van der Waals surface area (Å²) in [5.41, 5.74) is 3.17. The van der Waals surface area contributed by atoms with E-state index in [1.165, 1.54) is 43.7 Å². The van der Waals surface area contributed by atoms with Crippen molar-refractivity contribution in [1.82, 2.24) is 5.32 Å². The molecule has 1 aliphatic heterocycles. The van der Waals surface area contributed by atoms with E-state index in [1.807, 2.05) is 0 Å². The second-order valence-corrected chi connectivity index (χ2v) is 5.63. The molecule has 0 amide bonds. The minimum atomic E-state index is 0.473. The van der Waals surface area contributed by atoms with E-state index in [2.05, 4.69) is 55.3 Å². The Morgan fingerprint density at radius 3 is 2.44 bits per heavy atom. The molecule has 1 heterocycles. The first-order valence-corrected chi connectivity index (χ1v) is 7.21. The average molecular weight is 246 g/mol. The van der Waals surface area contributed by atoms with E-state index in [0.29, 0.717) is 5.41 Å². The van der Waals surface area contributed by atoms with E-state index in [1.54, 1.807) is 0 Å². The topological polar surface area (TPSA) is 15.3 Å². The molecule has 2 nitrogen and oxygen atoms in total. The molecule has 1 aromatic rings. The molecule has 1 N–H and O–H groups in total. The van der Waals surface area contributed by atoms with Crippen LogP contribution in [0.4, 0.5) is 5.69 Å². The van der Waals surface area contributed by atoms with Crippen molar-refractivity contribution in [3.8, 4) is 0 Å². The Labute approximate surface area is 111 Å². The van der Waals surface area contributed by atoms with Gasteiger partial charge in [0.2, 0.25) is 0 Å². The number of benzene rings is 1. The molecule has 0 bridgehead atoms. The molecule has 1 aliphatic rings. The molecule has 0 aromatic heterocycles. The minimum absolute atomic E-state index is 0.473. The van der Waals surface area contributed by atoms with Gasteiger partial charge in [0.25, 0.3) is 0 Å². The van der Waals surface area contributed by atoms with Gasteiger partial charge in [-0.05, 0) is 45.4 Å². The highest BCUT2D eigenvalue weighted by Gasteiger charge is 2.33. The minimum Gasteiger partial charge on any atom is -0.371 e. The van der Waals surface area contributed by atoms with Crippen LogP contribution < -0.4 is 10.2 Å². The number of hydrogen-bond acceptors (Lipinski definition) is 2. The lowest BCUT2D eigenvalue weighted by molar-refractivity contribution is 0.313. The number of rotatable bonds is 5. The van der Waals surface area contributed by atoms with Crippen molar-refractivity contribution >= 4 is 5.69 Å². The monoisotopic (exact) mass is 246 g/mol. The zero-order chi connectivity index (χ0) is 13.0. The Morgan fingerprint density at radius 1 is 1.22 bits per heavy atom. The highest BCUT2D eigenvalue weighted by molar-refractivity contribution is 5.47. The van der Waals surface area contributed by atoms with Crippen LogP contribution in [0.5, 0.6) is 0 Å². The smallest absolute Gasteiger partial charge is 0.0366 e. The molecule has 1 saturated heterocycles. The highest BCUT2D eigenvalue weighted by atomic mass is 15.1. The normalized spacial score (nSPS) is 23.3. The molecule has 1 fully saturated rings. The van der Waals surface area contributed by atoms with E-state index >= 15 is 0 Å². The number of anilines is 1. The van der Waals surface area contributed by atoms with Gasteiger partial charge in [0.1, 0.15) is 0 Å². The summed E-state index contributed by atoms with van der Waals surface area (Å²) in [7, 11) is 0. The first-order chi connectivity index (χ1) is 8.69. The molecule has 0 spiro atoms. The van der Waals surface area contributed by atoms with E-state index < -0.39 is 0 Å². The molecule has 100 valence electrons. The molecule has 1 unspecified atom stereocenters. The molecule has 18 heavy (non-hydrogen) atoms. The average Bonchev–Trinajstić information content (AvgIpc) is 2.86. The van der Waals surface area contributed by atoms with Crippen molar-refractivity contribution in [3.05, 3.63) is 29.8 Å². The maximum absolute atomic E-state index is 3.53. The fourth-order valence-electron chi connectivity index (χ4n) is 2.89. The highest BCUT2D eigenvalue weighted by Crippen LogP contribution is 2.32. The lowest BCUT2D eigenvalue weighted by atomic mass is 9.83. The third-order valence-electron chi connectivity index (χ3n) is 4.39. The van der Waals surface area contributed by atoms with Gasteiger partial charge in [0.15, 0.2) is 0 Å². The van der Waals surface area contributed by atoms with Gasteiger partial charge in [0, 0.05) is 30.7 Å². The maximum Gasteiger partial charge on any atom is 0.0366 e. The van der Waals surface area contributed by atoms with Crippen LogP contribution >= 0.6 is 0 Å². The number of nitrogens with zero attached hydrogens (tertiary/aromatic N) is 1. The molecular weight excluding hydrogens is 220 g/mol. The predicted octanol–water partition coefficient (Wildman–Crippen LogP) is 3.21. The van der Waals surface area contributed by atoms with Gasteiger partial charge in [-0.2, -0.15) is 0 Å². The van der Waals surface area contributed by atoms with Gasteiger partial charge >= 0.3 is 0 Å². The summed E-state index contributed by atoms with van der Waals surface area (Å²) in [6.07, 6.45) is 2.58. The van der Waals surface area contributed by atoms with E-state index in [0.717, 1.165) is 6.54 Å². The maximum atomic E-state index is 3.53. The summed E-state index contributed by atoms with van der Waals surface area (Å²) in [6, 6.07) is 8.93. The zero-order valence-corrected chi connectivity index (χ0v) is 12.0. The molecule has 1 atom stereocenters. The molecular formula is C16H26N2. The van der Waals surface area contributed by atoms with Crippen LogP contribution in [-0.4, -0.2) is 26.2 Å². The van der Waals surface area contributed by atoms with Crippen LogP contribution in [0.1, 0.15) is 32.3 Å². The van der Waals surface area contributed by atoms with Crippen LogP contribution in [0.3, 0.4) is 0 Å². The van der Waals surface area contributed by atoms with Gasteiger partial charge < -0.3 is 10.2 Å². The van der Waals surface area contributed by atoms with Crippen molar-refractivity contribution in [1.29, 1.82) is 0 Å². The van der Waals surface area contributed by atoms with Crippen molar-refractivity contribution < 1.29 is 0 Å². The third kappa shape index (κ3) is 2.86. The van der Waals surface area contributed by atoms with Crippen LogP contribution in [0, 0.1) is 12.3 Å². The Kier molecular flexibility index (Phi) is 4.28. The van der Waals surface area contributed by atoms with Crippen LogP contribution in [-0.2, 0) is 0 Å². The summed E-state index contributed by atoms with van der Waals surface area (Å²) in [6.45, 7) is 11.3. The van der Waals surface area contributed by atoms with Gasteiger partial charge in [0.05, 0.1) is 0 Å². The first-order valence-electron chi connectivity index (χ1n) is 7.21. The molecule has 2 heteroatoms. The van der Waals surface area contributed by atoms with Crippen molar-refractivity contribution in [3.63, 3.8) is 0 Å². The third-order valence-corrected chi connectivity index (χ3v) is 4.39.